The zero-order valence-electron chi connectivity index (χ0n) is 15.2. The highest BCUT2D eigenvalue weighted by Crippen LogP contribution is 2.07. The summed E-state index contributed by atoms with van der Waals surface area (Å²) in [5.41, 5.74) is 1.49. The van der Waals surface area contributed by atoms with Crippen LogP contribution in [0.15, 0.2) is 54.6 Å². The number of halogens is 1. The number of nitrogens with zero attached hydrogens (tertiary/aromatic N) is 2. The molecule has 0 radical (unpaired) electrons. The quantitative estimate of drug-likeness (QED) is 0.847. The Hall–Kier alpha value is -2.73. The third-order valence-electron chi connectivity index (χ3n) is 4.74. The molecule has 0 aliphatic carbocycles. The average molecular weight is 369 g/mol. The lowest BCUT2D eigenvalue weighted by molar-refractivity contribution is -0.132. The second-order valence-corrected chi connectivity index (χ2v) is 6.65. The second-order valence-electron chi connectivity index (χ2n) is 6.65. The summed E-state index contributed by atoms with van der Waals surface area (Å²) in [4.78, 5) is 28.5. The molecule has 1 aliphatic heterocycles. The highest BCUT2D eigenvalue weighted by atomic mass is 19.1. The molecule has 0 bridgehead atoms. The number of hydrogen-bond acceptors (Lipinski definition) is 3. The van der Waals surface area contributed by atoms with E-state index in [4.69, 9.17) is 0 Å². The van der Waals surface area contributed by atoms with Gasteiger partial charge in [0.15, 0.2) is 0 Å². The van der Waals surface area contributed by atoms with Gasteiger partial charge in [0, 0.05) is 44.8 Å². The van der Waals surface area contributed by atoms with Crippen LogP contribution in [-0.2, 0) is 11.2 Å². The fourth-order valence-corrected chi connectivity index (χ4v) is 3.13. The van der Waals surface area contributed by atoms with Crippen LogP contribution in [0.4, 0.5) is 4.39 Å². The summed E-state index contributed by atoms with van der Waals surface area (Å²) >= 11 is 0. The average Bonchev–Trinajstić information content (AvgIpc) is 2.69. The smallest absolute Gasteiger partial charge is 0.251 e. The maximum absolute atomic E-state index is 12.9. The molecule has 2 aromatic carbocycles. The van der Waals surface area contributed by atoms with E-state index in [-0.39, 0.29) is 17.6 Å². The van der Waals surface area contributed by atoms with Crippen LogP contribution in [0.3, 0.4) is 0 Å². The van der Waals surface area contributed by atoms with Crippen molar-refractivity contribution in [3.8, 4) is 0 Å². The van der Waals surface area contributed by atoms with Crippen LogP contribution < -0.4 is 5.32 Å². The molecule has 27 heavy (non-hydrogen) atoms. The van der Waals surface area contributed by atoms with E-state index < -0.39 is 0 Å². The van der Waals surface area contributed by atoms with Crippen molar-refractivity contribution in [1.82, 2.24) is 15.1 Å². The fourth-order valence-electron chi connectivity index (χ4n) is 3.13. The zero-order valence-corrected chi connectivity index (χ0v) is 15.2. The number of carbonyl (C=O) groups excluding carboxylic acids is 2. The van der Waals surface area contributed by atoms with Gasteiger partial charge in [0.1, 0.15) is 5.82 Å². The van der Waals surface area contributed by atoms with Crippen LogP contribution >= 0.6 is 0 Å². The van der Waals surface area contributed by atoms with Gasteiger partial charge in [-0.3, -0.25) is 14.5 Å². The minimum Gasteiger partial charge on any atom is -0.351 e. The van der Waals surface area contributed by atoms with E-state index in [0.717, 1.165) is 25.2 Å². The zero-order chi connectivity index (χ0) is 19.1. The molecule has 5 nitrogen and oxygen atoms in total. The lowest BCUT2D eigenvalue weighted by atomic mass is 10.1. The molecule has 3 rings (SSSR count). The number of piperazine rings is 1. The Kier molecular flexibility index (Phi) is 6.54. The van der Waals surface area contributed by atoms with E-state index in [0.29, 0.717) is 31.6 Å². The standard InChI is InChI=1S/C21H24FN3O2/c22-19-8-6-18(7-9-19)21(27)23-10-11-24-12-14-25(15-13-24)20(26)16-17-4-2-1-3-5-17/h1-9H,10-16H2,(H,23,27). The normalized spacial score (nSPS) is 14.8. The van der Waals surface area contributed by atoms with Crippen LogP contribution in [0, 0.1) is 5.82 Å². The van der Waals surface area contributed by atoms with Crippen molar-refractivity contribution in [2.75, 3.05) is 39.3 Å². The Labute approximate surface area is 158 Å². The minimum atomic E-state index is -0.355. The third-order valence-corrected chi connectivity index (χ3v) is 4.74. The molecule has 0 saturated carbocycles. The molecule has 0 aromatic heterocycles. The van der Waals surface area contributed by atoms with Gasteiger partial charge < -0.3 is 10.2 Å². The maximum Gasteiger partial charge on any atom is 0.251 e. The van der Waals surface area contributed by atoms with Crippen molar-refractivity contribution in [3.05, 3.63) is 71.5 Å². The molecule has 2 aromatic rings. The fraction of sp³-hybridized carbons (Fsp3) is 0.333. The Morgan fingerprint density at radius 2 is 1.59 bits per heavy atom. The summed E-state index contributed by atoms with van der Waals surface area (Å²) in [5.74, 6) is -0.400. The van der Waals surface area contributed by atoms with Crippen molar-refractivity contribution in [1.29, 1.82) is 0 Å². The molecule has 2 amide bonds. The van der Waals surface area contributed by atoms with E-state index in [9.17, 15) is 14.0 Å². The summed E-state index contributed by atoms with van der Waals surface area (Å²) in [6.45, 7) is 4.26. The van der Waals surface area contributed by atoms with E-state index in [1.165, 1.54) is 24.3 Å². The van der Waals surface area contributed by atoms with Gasteiger partial charge >= 0.3 is 0 Å². The van der Waals surface area contributed by atoms with Crippen molar-refractivity contribution in [2.24, 2.45) is 0 Å². The van der Waals surface area contributed by atoms with Gasteiger partial charge in [-0.1, -0.05) is 30.3 Å². The lowest BCUT2D eigenvalue weighted by Gasteiger charge is -2.34. The van der Waals surface area contributed by atoms with E-state index in [1.807, 2.05) is 35.2 Å². The Balaban J connectivity index is 1.36. The van der Waals surface area contributed by atoms with Crippen LogP contribution in [0.1, 0.15) is 15.9 Å². The highest BCUT2D eigenvalue weighted by Gasteiger charge is 2.21. The highest BCUT2D eigenvalue weighted by molar-refractivity contribution is 5.94. The lowest BCUT2D eigenvalue weighted by Crippen LogP contribution is -2.50. The minimum absolute atomic E-state index is 0.158. The third kappa shape index (κ3) is 5.62. The summed E-state index contributed by atoms with van der Waals surface area (Å²) in [5, 5.41) is 2.85. The molecule has 6 heteroatoms. The van der Waals surface area contributed by atoms with E-state index in [2.05, 4.69) is 10.2 Å². The Bertz CT molecular complexity index is 757. The molecule has 1 aliphatic rings. The monoisotopic (exact) mass is 369 g/mol. The van der Waals surface area contributed by atoms with Gasteiger partial charge in [0.05, 0.1) is 6.42 Å². The number of benzene rings is 2. The van der Waals surface area contributed by atoms with Gasteiger partial charge in [-0.2, -0.15) is 0 Å². The molecule has 1 heterocycles. The number of amides is 2. The Morgan fingerprint density at radius 1 is 0.926 bits per heavy atom. The SMILES string of the molecule is O=C(NCCN1CCN(C(=O)Cc2ccccc2)CC1)c1ccc(F)cc1. The molecule has 1 N–H and O–H groups in total. The maximum atomic E-state index is 12.9. The molecule has 0 unspecified atom stereocenters. The topological polar surface area (TPSA) is 52.7 Å². The summed E-state index contributed by atoms with van der Waals surface area (Å²) in [7, 11) is 0. The van der Waals surface area contributed by atoms with E-state index in [1.54, 1.807) is 0 Å². The largest absolute Gasteiger partial charge is 0.351 e. The Morgan fingerprint density at radius 3 is 2.26 bits per heavy atom. The first-order valence-electron chi connectivity index (χ1n) is 9.19. The molecule has 1 saturated heterocycles. The summed E-state index contributed by atoms with van der Waals surface area (Å²) < 4.78 is 12.9. The summed E-state index contributed by atoms with van der Waals surface area (Å²) in [6.07, 6.45) is 0.439. The van der Waals surface area contributed by atoms with Crippen LogP contribution in [0.5, 0.6) is 0 Å². The van der Waals surface area contributed by atoms with Gasteiger partial charge in [-0.15, -0.1) is 0 Å². The predicted molar refractivity (Wildman–Crippen MR) is 102 cm³/mol. The molecular weight excluding hydrogens is 345 g/mol. The van der Waals surface area contributed by atoms with Crippen molar-refractivity contribution in [2.45, 2.75) is 6.42 Å². The van der Waals surface area contributed by atoms with Gasteiger partial charge in [0.25, 0.3) is 5.91 Å². The summed E-state index contributed by atoms with van der Waals surface area (Å²) in [6, 6.07) is 15.3. The molecular formula is C21H24FN3O2. The molecule has 0 spiro atoms. The molecule has 0 atom stereocenters. The molecule has 142 valence electrons. The van der Waals surface area contributed by atoms with Crippen molar-refractivity contribution in [3.63, 3.8) is 0 Å². The van der Waals surface area contributed by atoms with Gasteiger partial charge in [-0.05, 0) is 29.8 Å². The van der Waals surface area contributed by atoms with Crippen LogP contribution in [0.2, 0.25) is 0 Å². The molecule has 1 fully saturated rings. The first-order valence-corrected chi connectivity index (χ1v) is 9.19. The number of hydrogen-bond donors (Lipinski definition) is 1. The van der Waals surface area contributed by atoms with E-state index >= 15 is 0 Å². The van der Waals surface area contributed by atoms with Crippen LogP contribution in [0.25, 0.3) is 0 Å². The first-order chi connectivity index (χ1) is 13.1. The van der Waals surface area contributed by atoms with Crippen molar-refractivity contribution < 1.29 is 14.0 Å². The number of nitrogens with one attached hydrogen (secondary N) is 1. The second kappa shape index (κ2) is 9.28. The van der Waals surface area contributed by atoms with Crippen molar-refractivity contribution >= 4 is 11.8 Å². The van der Waals surface area contributed by atoms with Gasteiger partial charge in [0.2, 0.25) is 5.91 Å². The predicted octanol–water partition coefficient (Wildman–Crippen LogP) is 1.94. The first kappa shape index (κ1) is 19.0. The number of carbonyl (C=O) groups is 2. The number of rotatable bonds is 6. The van der Waals surface area contributed by atoms with Crippen LogP contribution in [-0.4, -0.2) is 60.9 Å². The van der Waals surface area contributed by atoms with Gasteiger partial charge in [-0.25, -0.2) is 4.39 Å².